The van der Waals surface area contributed by atoms with Crippen LogP contribution in [0.25, 0.3) is 0 Å². The molecule has 2 unspecified atom stereocenters. The zero-order valence-electron chi connectivity index (χ0n) is 20.8. The van der Waals surface area contributed by atoms with Crippen molar-refractivity contribution in [2.45, 2.75) is 38.5 Å². The fraction of sp³-hybridized carbons (Fsp3) is 0.370. The Bertz CT molecular complexity index is 1280. The highest BCUT2D eigenvalue weighted by Crippen LogP contribution is 2.36. The van der Waals surface area contributed by atoms with E-state index in [1.807, 2.05) is 12.1 Å². The number of amides is 2. The van der Waals surface area contributed by atoms with E-state index in [1.165, 1.54) is 25.2 Å². The zero-order valence-corrected chi connectivity index (χ0v) is 23.8. The van der Waals surface area contributed by atoms with Crippen LogP contribution in [0.15, 0.2) is 64.8 Å². The average molecular weight is 677 g/mol. The van der Waals surface area contributed by atoms with Gasteiger partial charge in [0.2, 0.25) is 5.91 Å². The summed E-state index contributed by atoms with van der Waals surface area (Å²) in [5, 5.41) is 0.566. The number of alkyl halides is 3. The maximum absolute atomic E-state index is 13.3. The van der Waals surface area contributed by atoms with Crippen LogP contribution in [0.4, 0.5) is 13.2 Å². The lowest BCUT2D eigenvalue weighted by Gasteiger charge is -2.31. The Morgan fingerprint density at radius 1 is 1.08 bits per heavy atom. The summed E-state index contributed by atoms with van der Waals surface area (Å²) in [5.41, 5.74) is 1.83. The molecule has 2 aliphatic rings. The minimum absolute atomic E-state index is 0.111. The quantitative estimate of drug-likeness (QED) is 0.242. The molecule has 0 aromatic heterocycles. The van der Waals surface area contributed by atoms with Crippen molar-refractivity contribution in [1.82, 2.24) is 4.90 Å². The summed E-state index contributed by atoms with van der Waals surface area (Å²) in [6, 6.07) is 12.4. The third-order valence-corrected chi connectivity index (χ3v) is 7.23. The first-order valence-electron chi connectivity index (χ1n) is 12.2. The van der Waals surface area contributed by atoms with Gasteiger partial charge in [0.15, 0.2) is 5.90 Å². The van der Waals surface area contributed by atoms with Crippen molar-refractivity contribution >= 4 is 52.3 Å². The molecule has 7 nitrogen and oxygen atoms in total. The molecule has 12 heteroatoms. The first-order chi connectivity index (χ1) is 18.5. The van der Waals surface area contributed by atoms with E-state index in [9.17, 15) is 22.8 Å². The van der Waals surface area contributed by atoms with E-state index >= 15 is 0 Å². The maximum atomic E-state index is 13.3. The summed E-state index contributed by atoms with van der Waals surface area (Å²) >= 11 is 7.83. The second-order valence-electron chi connectivity index (χ2n) is 9.37. The first-order valence-corrected chi connectivity index (χ1v) is 13.4. The Morgan fingerprint density at radius 2 is 1.79 bits per heavy atom. The van der Waals surface area contributed by atoms with E-state index < -0.39 is 23.9 Å². The second-order valence-corrected chi connectivity index (χ2v) is 10.4. The molecule has 0 saturated heterocycles. The normalized spacial score (nSPS) is 20.3. The van der Waals surface area contributed by atoms with Crippen molar-refractivity contribution in [3.05, 3.63) is 70.4 Å². The molecular weight excluding hydrogens is 652 g/mol. The van der Waals surface area contributed by atoms with Gasteiger partial charge in [-0.25, -0.2) is 4.99 Å². The third kappa shape index (κ3) is 7.95. The van der Waals surface area contributed by atoms with Crippen molar-refractivity contribution in [2.24, 2.45) is 16.8 Å². The van der Waals surface area contributed by atoms with Gasteiger partial charge in [0.25, 0.3) is 5.91 Å². The van der Waals surface area contributed by atoms with Crippen molar-refractivity contribution in [3.63, 3.8) is 0 Å². The van der Waals surface area contributed by atoms with Gasteiger partial charge in [-0.1, -0.05) is 29.8 Å². The van der Waals surface area contributed by atoms with Gasteiger partial charge in [-0.15, -0.1) is 13.2 Å². The number of imide groups is 1. The number of halogens is 5. The summed E-state index contributed by atoms with van der Waals surface area (Å²) in [4.78, 5) is 31.9. The minimum Gasteiger partial charge on any atom is -0.443 e. The number of aliphatic imine (C=N–C) groups is 1. The molecule has 2 amide bonds. The number of carbonyl (C=O) groups excluding carboxylic acids is 2. The Balaban J connectivity index is 1.71. The molecule has 0 N–H and O–H groups in total. The van der Waals surface area contributed by atoms with Crippen molar-refractivity contribution < 1.29 is 35.3 Å². The van der Waals surface area contributed by atoms with Gasteiger partial charge in [-0.05, 0) is 61.4 Å². The Labute approximate surface area is 242 Å². The molecule has 208 valence electrons. The van der Waals surface area contributed by atoms with Crippen molar-refractivity contribution in [3.8, 4) is 11.5 Å². The van der Waals surface area contributed by atoms with E-state index in [0.29, 0.717) is 42.2 Å². The van der Waals surface area contributed by atoms with Crippen molar-refractivity contribution in [1.29, 1.82) is 0 Å². The van der Waals surface area contributed by atoms with Crippen LogP contribution in [-0.4, -0.2) is 42.6 Å². The maximum Gasteiger partial charge on any atom is 0.573 e. The fourth-order valence-corrected chi connectivity index (χ4v) is 4.99. The van der Waals surface area contributed by atoms with Gasteiger partial charge in [-0.2, -0.15) is 0 Å². The molecule has 0 bridgehead atoms. The lowest BCUT2D eigenvalue weighted by atomic mass is 9.84. The van der Waals surface area contributed by atoms with Gasteiger partial charge < -0.3 is 12.5 Å². The van der Waals surface area contributed by atoms with Crippen LogP contribution in [0.5, 0.6) is 11.5 Å². The van der Waals surface area contributed by atoms with Crippen LogP contribution in [0.3, 0.4) is 0 Å². The predicted molar refractivity (Wildman–Crippen MR) is 147 cm³/mol. The third-order valence-electron chi connectivity index (χ3n) is 6.54. The van der Waals surface area contributed by atoms with Crippen LogP contribution in [-0.2, 0) is 19.1 Å². The summed E-state index contributed by atoms with van der Waals surface area (Å²) in [6.45, 7) is 0.428. The number of hydrogen-bond donors (Lipinski definition) is 0. The molecule has 0 saturated carbocycles. The highest BCUT2D eigenvalue weighted by atomic mass is 127. The van der Waals surface area contributed by atoms with Gasteiger partial charge in [0.1, 0.15) is 34.5 Å². The summed E-state index contributed by atoms with van der Waals surface area (Å²) in [7, 11) is 1.46. The van der Waals surface area contributed by atoms with Gasteiger partial charge in [0, 0.05) is 36.0 Å². The molecule has 2 atom stereocenters. The molecule has 0 aliphatic carbocycles. The van der Waals surface area contributed by atoms with Crippen LogP contribution in [0.1, 0.15) is 31.2 Å². The Morgan fingerprint density at radius 3 is 2.49 bits per heavy atom. The largest absolute Gasteiger partial charge is 0.573 e. The predicted octanol–water partition coefficient (Wildman–Crippen LogP) is 6.68. The average Bonchev–Trinajstić information content (AvgIpc) is 2.87. The molecule has 2 heterocycles. The number of allylic oxidation sites excluding steroid dienone is 1. The fourth-order valence-electron chi connectivity index (χ4n) is 4.61. The standard InChI is InChI=1S/C27H25ClF3IN2O5/c1-34-24(35)13-17(9-10-37-32)12-23-22(26(34)36)14-18(11-16-5-7-19(28)8-6-16)25(33-23)38-20-3-2-4-21(15-20)39-27(29,30)31/h2-8,15,17-18H,9-14H2,1H3. The highest BCUT2D eigenvalue weighted by molar-refractivity contribution is 14.1. The second kappa shape index (κ2) is 12.7. The lowest BCUT2D eigenvalue weighted by molar-refractivity contribution is -0.274. The first kappa shape index (κ1) is 29.3. The molecule has 2 aromatic rings. The van der Waals surface area contributed by atoms with Gasteiger partial charge in [-0.3, -0.25) is 14.5 Å². The SMILES string of the molecule is CN1C(=O)CC(CCOI)CC2=C(CC(Cc3ccc(Cl)cc3)C(Oc3cccc(OC(F)(F)F)c3)=N2)C1=O. The Hall–Kier alpha value is -2.64. The molecule has 2 aromatic carbocycles. The topological polar surface area (TPSA) is 77.4 Å². The van der Waals surface area contributed by atoms with E-state index in [4.69, 9.17) is 24.4 Å². The zero-order chi connectivity index (χ0) is 28.2. The van der Waals surface area contributed by atoms with Gasteiger partial charge in [0.05, 0.1) is 12.3 Å². The van der Waals surface area contributed by atoms with E-state index in [-0.39, 0.29) is 36.3 Å². The highest BCUT2D eigenvalue weighted by Gasteiger charge is 2.36. The Kier molecular flexibility index (Phi) is 9.55. The molecule has 0 radical (unpaired) electrons. The number of benzene rings is 2. The summed E-state index contributed by atoms with van der Waals surface area (Å²) in [6.07, 6.45) is -3.08. The molecule has 0 fully saturated rings. The number of ether oxygens (including phenoxy) is 2. The number of nitrogens with zero attached hydrogens (tertiary/aromatic N) is 2. The number of carbonyl (C=O) groups is 2. The van der Waals surface area contributed by atoms with E-state index in [0.717, 1.165) is 16.5 Å². The monoisotopic (exact) mass is 676 g/mol. The minimum atomic E-state index is -4.85. The molecule has 4 rings (SSSR count). The van der Waals surface area contributed by atoms with Crippen LogP contribution in [0.2, 0.25) is 5.02 Å². The lowest BCUT2D eigenvalue weighted by Crippen LogP contribution is -2.40. The van der Waals surface area contributed by atoms with Gasteiger partial charge >= 0.3 is 6.36 Å². The van der Waals surface area contributed by atoms with E-state index in [1.54, 1.807) is 35.1 Å². The van der Waals surface area contributed by atoms with Crippen LogP contribution < -0.4 is 9.47 Å². The number of hydrogen-bond acceptors (Lipinski definition) is 6. The summed E-state index contributed by atoms with van der Waals surface area (Å²) in [5.74, 6) is -1.28. The van der Waals surface area contributed by atoms with Crippen LogP contribution in [0, 0.1) is 11.8 Å². The molecule has 0 spiro atoms. The summed E-state index contributed by atoms with van der Waals surface area (Å²) < 4.78 is 53.6. The van der Waals surface area contributed by atoms with E-state index in [2.05, 4.69) is 4.74 Å². The van der Waals surface area contributed by atoms with Crippen LogP contribution >= 0.6 is 34.6 Å². The number of likely N-dealkylation sites (N-methyl/N-ethyl adjacent to an activating group) is 1. The number of rotatable bonds is 7. The molecule has 2 aliphatic heterocycles. The molecular formula is C27H25ClF3IN2O5. The van der Waals surface area contributed by atoms with Crippen molar-refractivity contribution in [2.75, 3.05) is 13.7 Å². The molecule has 39 heavy (non-hydrogen) atoms. The smallest absolute Gasteiger partial charge is 0.443 e.